The lowest BCUT2D eigenvalue weighted by molar-refractivity contribution is -0.123. The topological polar surface area (TPSA) is 55.8 Å². The van der Waals surface area contributed by atoms with Crippen LogP contribution in [0.25, 0.3) is 6.08 Å². The van der Waals surface area contributed by atoms with E-state index in [4.69, 9.17) is 21.1 Å². The fraction of sp³-hybridized carbons (Fsp3) is 0.200. The molecule has 0 atom stereocenters. The molecule has 0 bridgehead atoms. The average Bonchev–Trinajstić information content (AvgIpc) is 2.91. The summed E-state index contributed by atoms with van der Waals surface area (Å²) in [7, 11) is 1.56. The van der Waals surface area contributed by atoms with Crippen molar-refractivity contribution in [1.29, 1.82) is 0 Å². The molecule has 2 aromatic carbocycles. The second-order valence-electron chi connectivity index (χ2n) is 5.83. The molecule has 1 fully saturated rings. The smallest absolute Gasteiger partial charge is 0.293 e. The molecule has 1 heterocycles. The van der Waals surface area contributed by atoms with E-state index in [9.17, 15) is 9.59 Å². The van der Waals surface area contributed by atoms with Gasteiger partial charge in [0, 0.05) is 5.02 Å². The average molecular weight is 483 g/mol. The summed E-state index contributed by atoms with van der Waals surface area (Å²) in [6, 6.07) is 10.7. The van der Waals surface area contributed by atoms with Crippen LogP contribution < -0.4 is 9.47 Å². The largest absolute Gasteiger partial charge is 0.492 e. The summed E-state index contributed by atoms with van der Waals surface area (Å²) in [6.45, 7) is 2.48. The molecule has 0 spiro atoms. The van der Waals surface area contributed by atoms with Gasteiger partial charge in [0.2, 0.25) is 0 Å². The van der Waals surface area contributed by atoms with Gasteiger partial charge in [0.1, 0.15) is 0 Å². The molecular weight excluding hydrogens is 466 g/mol. The first-order chi connectivity index (χ1) is 13.4. The quantitative estimate of drug-likeness (QED) is 0.491. The van der Waals surface area contributed by atoms with Crippen LogP contribution in [-0.2, 0) is 11.3 Å². The van der Waals surface area contributed by atoms with Crippen molar-refractivity contribution in [2.75, 3.05) is 13.7 Å². The van der Waals surface area contributed by atoms with Crippen molar-refractivity contribution in [1.82, 2.24) is 4.90 Å². The Kier molecular flexibility index (Phi) is 6.69. The third-order valence-electron chi connectivity index (χ3n) is 3.99. The maximum absolute atomic E-state index is 12.8. The first-order valence-electron chi connectivity index (χ1n) is 8.43. The van der Waals surface area contributed by atoms with Gasteiger partial charge in [0.25, 0.3) is 11.1 Å². The van der Waals surface area contributed by atoms with E-state index in [0.717, 1.165) is 22.9 Å². The van der Waals surface area contributed by atoms with E-state index < -0.39 is 0 Å². The Labute approximate surface area is 180 Å². The fourth-order valence-electron chi connectivity index (χ4n) is 2.72. The number of benzene rings is 2. The van der Waals surface area contributed by atoms with Gasteiger partial charge in [-0.1, -0.05) is 29.8 Å². The maximum atomic E-state index is 12.8. The molecule has 3 rings (SSSR count). The van der Waals surface area contributed by atoms with Crippen LogP contribution in [0.3, 0.4) is 0 Å². The number of hydrogen-bond donors (Lipinski definition) is 0. The zero-order valence-electron chi connectivity index (χ0n) is 15.2. The number of carbonyl (C=O) groups is 2. The molecule has 28 heavy (non-hydrogen) atoms. The van der Waals surface area contributed by atoms with Gasteiger partial charge in [-0.25, -0.2) is 0 Å². The summed E-state index contributed by atoms with van der Waals surface area (Å²) >= 11 is 10.5. The number of rotatable bonds is 6. The van der Waals surface area contributed by atoms with E-state index in [2.05, 4.69) is 15.9 Å². The number of thioether (sulfide) groups is 1. The summed E-state index contributed by atoms with van der Waals surface area (Å²) in [4.78, 5) is 26.7. The third-order valence-corrected chi connectivity index (χ3v) is 5.86. The van der Waals surface area contributed by atoms with Gasteiger partial charge in [-0.3, -0.25) is 14.5 Å². The highest BCUT2D eigenvalue weighted by molar-refractivity contribution is 9.10. The second-order valence-corrected chi connectivity index (χ2v) is 8.08. The third kappa shape index (κ3) is 4.37. The zero-order chi connectivity index (χ0) is 20.3. The number of imide groups is 1. The zero-order valence-corrected chi connectivity index (χ0v) is 18.4. The van der Waals surface area contributed by atoms with Crippen molar-refractivity contribution >= 4 is 56.5 Å². The Hall–Kier alpha value is -1.96. The van der Waals surface area contributed by atoms with E-state index in [-0.39, 0.29) is 17.7 Å². The van der Waals surface area contributed by atoms with Crippen LogP contribution in [0.2, 0.25) is 5.02 Å². The first-order valence-corrected chi connectivity index (χ1v) is 10.4. The molecule has 146 valence electrons. The summed E-state index contributed by atoms with van der Waals surface area (Å²) in [5, 5.41) is 0.194. The predicted molar refractivity (Wildman–Crippen MR) is 115 cm³/mol. The molecule has 0 aromatic heterocycles. The Morgan fingerprint density at radius 2 is 2.00 bits per heavy atom. The number of amides is 2. The molecule has 8 heteroatoms. The lowest BCUT2D eigenvalue weighted by Crippen LogP contribution is -2.27. The van der Waals surface area contributed by atoms with Crippen LogP contribution in [0, 0.1) is 0 Å². The molecule has 1 saturated heterocycles. The molecule has 0 aliphatic carbocycles. The van der Waals surface area contributed by atoms with Gasteiger partial charge >= 0.3 is 0 Å². The molecule has 0 unspecified atom stereocenters. The van der Waals surface area contributed by atoms with Gasteiger partial charge in [0.05, 0.1) is 29.6 Å². The van der Waals surface area contributed by atoms with E-state index in [1.54, 1.807) is 37.5 Å². The lowest BCUT2D eigenvalue weighted by atomic mass is 10.1. The van der Waals surface area contributed by atoms with Crippen LogP contribution in [0.4, 0.5) is 4.79 Å². The lowest BCUT2D eigenvalue weighted by Gasteiger charge is -2.13. The number of hydrogen-bond acceptors (Lipinski definition) is 5. The Morgan fingerprint density at radius 3 is 2.68 bits per heavy atom. The monoisotopic (exact) mass is 481 g/mol. The highest BCUT2D eigenvalue weighted by Gasteiger charge is 2.35. The highest BCUT2D eigenvalue weighted by atomic mass is 79.9. The summed E-state index contributed by atoms with van der Waals surface area (Å²) in [5.41, 5.74) is 1.44. The van der Waals surface area contributed by atoms with Crippen LogP contribution in [0.1, 0.15) is 18.1 Å². The standard InChI is InChI=1S/C20H17BrClNO4S/c1-3-27-16-9-12(8-14(21)18(16)26-2)10-17-19(24)23(20(25)28-17)11-13-6-4-5-7-15(13)22/h4-10H,3,11H2,1-2H3/b17-10+. The predicted octanol–water partition coefficient (Wildman–Crippen LogP) is 5.75. The van der Waals surface area contributed by atoms with Crippen LogP contribution in [0.15, 0.2) is 45.8 Å². The van der Waals surface area contributed by atoms with Crippen molar-refractivity contribution < 1.29 is 19.1 Å². The number of ether oxygens (including phenoxy) is 2. The van der Waals surface area contributed by atoms with Gasteiger partial charge in [0.15, 0.2) is 11.5 Å². The fourth-order valence-corrected chi connectivity index (χ4v) is 4.37. The SMILES string of the molecule is CCOc1cc(/C=C2/SC(=O)N(Cc3ccccc3Cl)C2=O)cc(Br)c1OC. The molecule has 0 N–H and O–H groups in total. The van der Waals surface area contributed by atoms with Crippen molar-refractivity contribution in [3.63, 3.8) is 0 Å². The van der Waals surface area contributed by atoms with Gasteiger partial charge in [-0.2, -0.15) is 0 Å². The van der Waals surface area contributed by atoms with Crippen molar-refractivity contribution in [2.24, 2.45) is 0 Å². The summed E-state index contributed by atoms with van der Waals surface area (Å²) < 4.78 is 11.7. The van der Waals surface area contributed by atoms with Gasteiger partial charge < -0.3 is 9.47 Å². The molecule has 2 amide bonds. The Bertz CT molecular complexity index is 963. The number of carbonyl (C=O) groups excluding carboxylic acids is 2. The Balaban J connectivity index is 1.88. The second kappa shape index (κ2) is 9.03. The van der Waals surface area contributed by atoms with Gasteiger partial charge in [-0.15, -0.1) is 0 Å². The van der Waals surface area contributed by atoms with Crippen molar-refractivity contribution in [2.45, 2.75) is 13.5 Å². The van der Waals surface area contributed by atoms with E-state index in [1.165, 1.54) is 4.90 Å². The Morgan fingerprint density at radius 1 is 1.25 bits per heavy atom. The number of halogens is 2. The summed E-state index contributed by atoms with van der Waals surface area (Å²) in [6.07, 6.45) is 1.67. The minimum Gasteiger partial charge on any atom is -0.492 e. The first kappa shape index (κ1) is 20.8. The molecule has 2 aromatic rings. The molecule has 5 nitrogen and oxygen atoms in total. The molecule has 1 aliphatic rings. The maximum Gasteiger partial charge on any atom is 0.293 e. The minimum absolute atomic E-state index is 0.137. The minimum atomic E-state index is -0.347. The molecule has 0 saturated carbocycles. The van der Waals surface area contributed by atoms with Gasteiger partial charge in [-0.05, 0) is 70.0 Å². The van der Waals surface area contributed by atoms with Crippen LogP contribution in [-0.4, -0.2) is 29.8 Å². The molecular formula is C20H17BrClNO4S. The van der Waals surface area contributed by atoms with E-state index in [1.807, 2.05) is 19.1 Å². The number of methoxy groups -OCH3 is 1. The van der Waals surface area contributed by atoms with E-state index >= 15 is 0 Å². The summed E-state index contributed by atoms with van der Waals surface area (Å²) in [5.74, 6) is 0.784. The van der Waals surface area contributed by atoms with Crippen molar-refractivity contribution in [3.05, 3.63) is 61.9 Å². The van der Waals surface area contributed by atoms with Crippen LogP contribution in [0.5, 0.6) is 11.5 Å². The number of nitrogens with zero attached hydrogens (tertiary/aromatic N) is 1. The normalized spacial score (nSPS) is 15.4. The molecule has 0 radical (unpaired) electrons. The van der Waals surface area contributed by atoms with E-state index in [0.29, 0.717) is 32.5 Å². The van der Waals surface area contributed by atoms with Crippen molar-refractivity contribution in [3.8, 4) is 11.5 Å². The molecule has 1 aliphatic heterocycles. The van der Waals surface area contributed by atoms with Crippen LogP contribution >= 0.6 is 39.3 Å². The highest BCUT2D eigenvalue weighted by Crippen LogP contribution is 2.39.